The van der Waals surface area contributed by atoms with Crippen LogP contribution in [-0.2, 0) is 13.1 Å². The highest BCUT2D eigenvalue weighted by molar-refractivity contribution is 7.11. The molecule has 1 aromatic carbocycles. The highest BCUT2D eigenvalue weighted by Crippen LogP contribution is 2.16. The molecule has 0 unspecified atom stereocenters. The third-order valence-electron chi connectivity index (χ3n) is 3.86. The second kappa shape index (κ2) is 8.09. The summed E-state index contributed by atoms with van der Waals surface area (Å²) >= 11 is 1.64. The smallest absolute Gasteiger partial charge is 0.191 e. The van der Waals surface area contributed by atoms with Crippen LogP contribution in [0.1, 0.15) is 21.3 Å². The standard InChI is InChI=1S/C18H21FN6S/c1-12-9-22-17(26-12)11-24-18(20-3)23-10-14-4-5-16(15(19)8-14)25-7-6-21-13(25)2/h4-9H,10-11H2,1-3H3,(H2,20,23,24). The zero-order valence-electron chi connectivity index (χ0n) is 15.0. The summed E-state index contributed by atoms with van der Waals surface area (Å²) in [5.41, 5.74) is 1.32. The van der Waals surface area contributed by atoms with Crippen molar-refractivity contribution in [1.29, 1.82) is 0 Å². The number of hydrogen-bond donors (Lipinski definition) is 2. The molecule has 136 valence electrons. The van der Waals surface area contributed by atoms with Gasteiger partial charge in [-0.05, 0) is 31.5 Å². The molecule has 2 N–H and O–H groups in total. The summed E-state index contributed by atoms with van der Waals surface area (Å²) in [5, 5.41) is 7.39. The minimum Gasteiger partial charge on any atom is -0.352 e. The normalized spacial score (nSPS) is 11.6. The van der Waals surface area contributed by atoms with Gasteiger partial charge in [0.25, 0.3) is 0 Å². The first kappa shape index (κ1) is 18.1. The van der Waals surface area contributed by atoms with E-state index in [0.717, 1.165) is 16.4 Å². The van der Waals surface area contributed by atoms with Crippen molar-refractivity contribution in [1.82, 2.24) is 25.2 Å². The number of thiazole rings is 1. The lowest BCUT2D eigenvalue weighted by molar-refractivity contribution is 0.613. The Morgan fingerprint density at radius 2 is 2.04 bits per heavy atom. The Labute approximate surface area is 155 Å². The number of nitrogens with zero attached hydrogens (tertiary/aromatic N) is 4. The summed E-state index contributed by atoms with van der Waals surface area (Å²) < 4.78 is 16.2. The topological polar surface area (TPSA) is 67.1 Å². The van der Waals surface area contributed by atoms with Crippen LogP contribution in [0.4, 0.5) is 4.39 Å². The molecule has 26 heavy (non-hydrogen) atoms. The van der Waals surface area contributed by atoms with E-state index in [9.17, 15) is 4.39 Å². The number of guanidine groups is 1. The maximum absolute atomic E-state index is 14.4. The number of benzene rings is 1. The predicted molar refractivity (Wildman–Crippen MR) is 102 cm³/mol. The van der Waals surface area contributed by atoms with Crippen molar-refractivity contribution in [2.75, 3.05) is 7.05 Å². The highest BCUT2D eigenvalue weighted by atomic mass is 32.1. The first-order valence-corrected chi connectivity index (χ1v) is 9.03. The fourth-order valence-electron chi connectivity index (χ4n) is 2.54. The number of imidazole rings is 1. The molecule has 0 radical (unpaired) electrons. The first-order valence-electron chi connectivity index (χ1n) is 8.21. The Balaban J connectivity index is 1.60. The molecule has 0 bridgehead atoms. The van der Waals surface area contributed by atoms with E-state index in [1.807, 2.05) is 26.1 Å². The molecule has 2 heterocycles. The number of aliphatic imine (C=N–C) groups is 1. The molecule has 3 rings (SSSR count). The van der Waals surface area contributed by atoms with Crippen LogP contribution in [0.2, 0.25) is 0 Å². The Bertz CT molecular complexity index is 914. The summed E-state index contributed by atoms with van der Waals surface area (Å²) in [7, 11) is 1.70. The Kier molecular flexibility index (Phi) is 5.62. The summed E-state index contributed by atoms with van der Waals surface area (Å²) in [5.74, 6) is 1.11. The van der Waals surface area contributed by atoms with Gasteiger partial charge in [-0.2, -0.15) is 0 Å². The van der Waals surface area contributed by atoms with Gasteiger partial charge in [0.05, 0.1) is 12.2 Å². The lowest BCUT2D eigenvalue weighted by Crippen LogP contribution is -2.36. The number of rotatable bonds is 5. The summed E-state index contributed by atoms with van der Waals surface area (Å²) in [6.45, 7) is 4.94. The second-order valence-electron chi connectivity index (χ2n) is 5.77. The van der Waals surface area contributed by atoms with Gasteiger partial charge in [-0.25, -0.2) is 14.4 Å². The molecule has 0 spiro atoms. The minimum absolute atomic E-state index is 0.286. The Morgan fingerprint density at radius 3 is 2.65 bits per heavy atom. The van der Waals surface area contributed by atoms with Crippen LogP contribution < -0.4 is 10.6 Å². The molecule has 8 heteroatoms. The van der Waals surface area contributed by atoms with Crippen LogP contribution in [0.25, 0.3) is 5.69 Å². The van der Waals surface area contributed by atoms with Crippen molar-refractivity contribution in [3.63, 3.8) is 0 Å². The van der Waals surface area contributed by atoms with E-state index in [4.69, 9.17) is 0 Å². The zero-order chi connectivity index (χ0) is 18.5. The lowest BCUT2D eigenvalue weighted by Gasteiger charge is -2.12. The summed E-state index contributed by atoms with van der Waals surface area (Å²) in [6.07, 6.45) is 5.26. The molecule has 0 saturated heterocycles. The van der Waals surface area contributed by atoms with Crippen molar-refractivity contribution in [3.05, 3.63) is 63.9 Å². The quantitative estimate of drug-likeness (QED) is 0.534. The van der Waals surface area contributed by atoms with Gasteiger partial charge in [-0.3, -0.25) is 4.99 Å². The molecule has 3 aromatic rings. The molecular formula is C18H21FN6S. The maximum Gasteiger partial charge on any atom is 0.191 e. The van der Waals surface area contributed by atoms with Crippen LogP contribution in [0.5, 0.6) is 0 Å². The molecule has 0 aliphatic rings. The molecule has 0 aliphatic carbocycles. The maximum atomic E-state index is 14.4. The fourth-order valence-corrected chi connectivity index (χ4v) is 3.26. The molecule has 6 nitrogen and oxygen atoms in total. The predicted octanol–water partition coefficient (Wildman–Crippen LogP) is 2.95. The molecule has 0 amide bonds. The van der Waals surface area contributed by atoms with Crippen molar-refractivity contribution in [3.8, 4) is 5.69 Å². The van der Waals surface area contributed by atoms with Gasteiger partial charge in [-0.15, -0.1) is 11.3 Å². The number of hydrogen-bond acceptors (Lipinski definition) is 4. The van der Waals surface area contributed by atoms with E-state index in [0.29, 0.717) is 24.7 Å². The largest absolute Gasteiger partial charge is 0.352 e. The molecule has 0 saturated carbocycles. The third kappa shape index (κ3) is 4.26. The van der Waals surface area contributed by atoms with Gasteiger partial charge in [0.2, 0.25) is 0 Å². The van der Waals surface area contributed by atoms with Crippen molar-refractivity contribution >= 4 is 17.3 Å². The zero-order valence-corrected chi connectivity index (χ0v) is 15.8. The number of nitrogens with one attached hydrogen (secondary N) is 2. The Hall–Kier alpha value is -2.74. The van der Waals surface area contributed by atoms with Crippen LogP contribution >= 0.6 is 11.3 Å². The fraction of sp³-hybridized carbons (Fsp3) is 0.278. The van der Waals surface area contributed by atoms with Gasteiger partial charge in [-0.1, -0.05) is 6.07 Å². The van der Waals surface area contributed by atoms with Crippen LogP contribution in [0.15, 0.2) is 41.8 Å². The van der Waals surface area contributed by atoms with Crippen molar-refractivity contribution < 1.29 is 4.39 Å². The van der Waals surface area contributed by atoms with E-state index >= 15 is 0 Å². The SMILES string of the molecule is CN=C(NCc1ccc(-n2ccnc2C)c(F)c1)NCc1ncc(C)s1. The monoisotopic (exact) mass is 372 g/mol. The van der Waals surface area contributed by atoms with E-state index in [1.54, 1.807) is 41.4 Å². The molecular weight excluding hydrogens is 351 g/mol. The summed E-state index contributed by atoms with van der Waals surface area (Å²) in [4.78, 5) is 13.8. The molecule has 0 fully saturated rings. The number of aryl methyl sites for hydroxylation is 2. The summed E-state index contributed by atoms with van der Waals surface area (Å²) in [6, 6.07) is 5.18. The van der Waals surface area contributed by atoms with Gasteiger partial charge in [0.15, 0.2) is 5.96 Å². The molecule has 0 aliphatic heterocycles. The average molecular weight is 372 g/mol. The van der Waals surface area contributed by atoms with E-state index in [-0.39, 0.29) is 5.82 Å². The van der Waals surface area contributed by atoms with Crippen LogP contribution in [0, 0.1) is 19.7 Å². The van der Waals surface area contributed by atoms with Gasteiger partial charge in [0.1, 0.15) is 16.6 Å². The minimum atomic E-state index is -0.286. The van der Waals surface area contributed by atoms with Crippen LogP contribution in [-0.4, -0.2) is 27.5 Å². The van der Waals surface area contributed by atoms with E-state index in [2.05, 4.69) is 25.6 Å². The van der Waals surface area contributed by atoms with Gasteiger partial charge in [0, 0.05) is 37.1 Å². The van der Waals surface area contributed by atoms with Gasteiger partial charge >= 0.3 is 0 Å². The molecule has 2 aromatic heterocycles. The Morgan fingerprint density at radius 1 is 1.23 bits per heavy atom. The third-order valence-corrected chi connectivity index (χ3v) is 4.77. The average Bonchev–Trinajstić information content (AvgIpc) is 3.23. The second-order valence-corrected chi connectivity index (χ2v) is 7.09. The van der Waals surface area contributed by atoms with Crippen molar-refractivity contribution in [2.45, 2.75) is 26.9 Å². The lowest BCUT2D eigenvalue weighted by atomic mass is 10.2. The van der Waals surface area contributed by atoms with Gasteiger partial charge < -0.3 is 15.2 Å². The van der Waals surface area contributed by atoms with Crippen LogP contribution in [0.3, 0.4) is 0 Å². The first-order chi connectivity index (χ1) is 12.6. The number of aromatic nitrogens is 3. The van der Waals surface area contributed by atoms with Crippen molar-refractivity contribution in [2.24, 2.45) is 4.99 Å². The highest BCUT2D eigenvalue weighted by Gasteiger charge is 2.08. The van der Waals surface area contributed by atoms with E-state index in [1.165, 1.54) is 10.9 Å². The molecule has 0 atom stereocenters. The number of halogens is 1. The van der Waals surface area contributed by atoms with E-state index < -0.39 is 0 Å².